The summed E-state index contributed by atoms with van der Waals surface area (Å²) in [6.07, 6.45) is 1.33. The summed E-state index contributed by atoms with van der Waals surface area (Å²) in [5.41, 5.74) is 4.03. The zero-order chi connectivity index (χ0) is 27.3. The van der Waals surface area contributed by atoms with Crippen LogP contribution < -0.4 is 19.2 Å². The van der Waals surface area contributed by atoms with Gasteiger partial charge in [-0.1, -0.05) is 48.0 Å². The SMILES string of the molecule is COc1ccc(S(=O)(=O)N(CC(=O)N/N=C\c2c(O)ccc3ccccc23)c2ccc(C)cc2)cc1OC. The molecule has 0 aliphatic carbocycles. The van der Waals surface area contributed by atoms with Gasteiger partial charge in [-0.05, 0) is 48.0 Å². The van der Waals surface area contributed by atoms with E-state index in [2.05, 4.69) is 10.5 Å². The van der Waals surface area contributed by atoms with Crippen molar-refractivity contribution in [3.63, 3.8) is 0 Å². The number of hydrogen-bond donors (Lipinski definition) is 2. The molecule has 1 amide bonds. The number of carbonyl (C=O) groups is 1. The van der Waals surface area contributed by atoms with Crippen LogP contribution >= 0.6 is 0 Å². The topological polar surface area (TPSA) is 118 Å². The lowest BCUT2D eigenvalue weighted by Crippen LogP contribution is -2.39. The van der Waals surface area contributed by atoms with Gasteiger partial charge in [0.25, 0.3) is 15.9 Å². The number of amides is 1. The Morgan fingerprint density at radius 1 is 0.974 bits per heavy atom. The second kappa shape index (κ2) is 11.2. The molecule has 9 nitrogen and oxygen atoms in total. The van der Waals surface area contributed by atoms with Crippen molar-refractivity contribution in [3.05, 3.63) is 90.0 Å². The van der Waals surface area contributed by atoms with Crippen molar-refractivity contribution >= 4 is 38.6 Å². The van der Waals surface area contributed by atoms with Gasteiger partial charge in [-0.3, -0.25) is 9.10 Å². The van der Waals surface area contributed by atoms with Gasteiger partial charge in [0, 0.05) is 11.6 Å². The molecule has 0 aromatic heterocycles. The summed E-state index contributed by atoms with van der Waals surface area (Å²) in [6.45, 7) is 1.33. The second-order valence-corrected chi connectivity index (χ2v) is 10.2. The van der Waals surface area contributed by atoms with E-state index in [1.807, 2.05) is 31.2 Å². The molecule has 2 N–H and O–H groups in total. The number of nitrogens with one attached hydrogen (secondary N) is 1. The summed E-state index contributed by atoms with van der Waals surface area (Å²) in [6, 6.07) is 21.7. The molecule has 0 saturated heterocycles. The number of phenolic OH excluding ortho intramolecular Hbond substituents is 1. The van der Waals surface area contributed by atoms with Crippen molar-refractivity contribution in [3.8, 4) is 17.2 Å². The third kappa shape index (κ3) is 5.55. The summed E-state index contributed by atoms with van der Waals surface area (Å²) in [7, 11) is -1.33. The van der Waals surface area contributed by atoms with Crippen LogP contribution in [-0.2, 0) is 14.8 Å². The van der Waals surface area contributed by atoms with Crippen molar-refractivity contribution in [1.82, 2.24) is 5.43 Å². The molecule has 10 heteroatoms. The molecule has 4 aromatic carbocycles. The number of phenols is 1. The number of ether oxygens (including phenoxy) is 2. The van der Waals surface area contributed by atoms with E-state index in [0.29, 0.717) is 17.0 Å². The number of aromatic hydroxyl groups is 1. The van der Waals surface area contributed by atoms with Crippen molar-refractivity contribution in [1.29, 1.82) is 0 Å². The molecule has 4 aromatic rings. The maximum absolute atomic E-state index is 13.7. The molecular weight excluding hydrogens is 506 g/mol. The second-order valence-electron chi connectivity index (χ2n) is 8.38. The van der Waals surface area contributed by atoms with Crippen LogP contribution in [0.25, 0.3) is 10.8 Å². The Balaban J connectivity index is 1.62. The van der Waals surface area contributed by atoms with Gasteiger partial charge in [-0.15, -0.1) is 0 Å². The number of methoxy groups -OCH3 is 2. The van der Waals surface area contributed by atoms with E-state index in [1.54, 1.807) is 36.4 Å². The van der Waals surface area contributed by atoms with Crippen LogP contribution in [0, 0.1) is 6.92 Å². The van der Waals surface area contributed by atoms with Crippen molar-refractivity contribution in [2.24, 2.45) is 5.10 Å². The highest BCUT2D eigenvalue weighted by Gasteiger charge is 2.28. The van der Waals surface area contributed by atoms with Crippen LogP contribution in [0.15, 0.2) is 88.9 Å². The van der Waals surface area contributed by atoms with Crippen LogP contribution in [-0.4, -0.2) is 46.4 Å². The summed E-state index contributed by atoms with van der Waals surface area (Å²) < 4.78 is 38.8. The highest BCUT2D eigenvalue weighted by Crippen LogP contribution is 2.32. The van der Waals surface area contributed by atoms with Crippen LogP contribution in [0.2, 0.25) is 0 Å². The fraction of sp³-hybridized carbons (Fsp3) is 0.143. The van der Waals surface area contributed by atoms with E-state index in [9.17, 15) is 18.3 Å². The number of hydrogen-bond acceptors (Lipinski definition) is 7. The fourth-order valence-electron chi connectivity index (χ4n) is 3.88. The third-order valence-electron chi connectivity index (χ3n) is 5.88. The number of nitrogens with zero attached hydrogens (tertiary/aromatic N) is 2. The first-order valence-corrected chi connectivity index (χ1v) is 13.0. The number of carbonyl (C=O) groups excluding carboxylic acids is 1. The molecule has 196 valence electrons. The van der Waals surface area contributed by atoms with Gasteiger partial charge in [0.1, 0.15) is 12.3 Å². The number of fused-ring (bicyclic) bond motifs is 1. The number of anilines is 1. The number of benzene rings is 4. The first kappa shape index (κ1) is 26.5. The quantitative estimate of drug-likeness (QED) is 0.246. The molecule has 0 spiro atoms. The Kier molecular flexibility index (Phi) is 7.82. The molecule has 0 fully saturated rings. The highest BCUT2D eigenvalue weighted by molar-refractivity contribution is 7.92. The molecule has 0 aliphatic heterocycles. The zero-order valence-corrected chi connectivity index (χ0v) is 21.9. The molecule has 0 heterocycles. The Hall–Kier alpha value is -4.57. The van der Waals surface area contributed by atoms with Gasteiger partial charge < -0.3 is 14.6 Å². The van der Waals surface area contributed by atoms with Gasteiger partial charge in [0.2, 0.25) is 0 Å². The van der Waals surface area contributed by atoms with E-state index in [0.717, 1.165) is 20.6 Å². The largest absolute Gasteiger partial charge is 0.507 e. The van der Waals surface area contributed by atoms with E-state index in [-0.39, 0.29) is 16.4 Å². The van der Waals surface area contributed by atoms with E-state index in [1.165, 1.54) is 38.6 Å². The molecule has 0 saturated carbocycles. The predicted octanol–water partition coefficient (Wildman–Crippen LogP) is 4.22. The number of aryl methyl sites for hydroxylation is 1. The van der Waals surface area contributed by atoms with Crippen LogP contribution in [0.1, 0.15) is 11.1 Å². The number of sulfonamides is 1. The average molecular weight is 534 g/mol. The minimum absolute atomic E-state index is 0.000915. The van der Waals surface area contributed by atoms with Gasteiger partial charge in [0.15, 0.2) is 11.5 Å². The zero-order valence-electron chi connectivity index (χ0n) is 21.1. The molecule has 0 radical (unpaired) electrons. The van der Waals surface area contributed by atoms with Crippen LogP contribution in [0.3, 0.4) is 0 Å². The van der Waals surface area contributed by atoms with Crippen molar-refractivity contribution < 1.29 is 27.8 Å². The smallest absolute Gasteiger partial charge is 0.264 e. The number of rotatable bonds is 9. The monoisotopic (exact) mass is 533 g/mol. The summed E-state index contributed by atoms with van der Waals surface area (Å²) in [5.74, 6) is -0.0666. The van der Waals surface area contributed by atoms with E-state index >= 15 is 0 Å². The Morgan fingerprint density at radius 3 is 2.39 bits per heavy atom. The third-order valence-corrected chi connectivity index (χ3v) is 7.65. The Labute approximate surface area is 221 Å². The highest BCUT2D eigenvalue weighted by atomic mass is 32.2. The minimum Gasteiger partial charge on any atom is -0.507 e. The van der Waals surface area contributed by atoms with Crippen molar-refractivity contribution in [2.75, 3.05) is 25.1 Å². The molecule has 0 unspecified atom stereocenters. The Bertz CT molecular complexity index is 1600. The summed E-state index contributed by atoms with van der Waals surface area (Å²) in [4.78, 5) is 12.8. The van der Waals surface area contributed by atoms with Crippen molar-refractivity contribution in [2.45, 2.75) is 11.8 Å². The van der Waals surface area contributed by atoms with Crippen LogP contribution in [0.4, 0.5) is 5.69 Å². The fourth-order valence-corrected chi connectivity index (χ4v) is 5.32. The first-order valence-electron chi connectivity index (χ1n) is 11.6. The molecule has 0 aliphatic rings. The van der Waals surface area contributed by atoms with Gasteiger partial charge in [-0.2, -0.15) is 5.10 Å². The lowest BCUT2D eigenvalue weighted by Gasteiger charge is -2.24. The normalized spacial score (nSPS) is 11.4. The van der Waals surface area contributed by atoms with E-state index < -0.39 is 22.5 Å². The van der Waals surface area contributed by atoms with Crippen LogP contribution in [0.5, 0.6) is 17.2 Å². The lowest BCUT2D eigenvalue weighted by molar-refractivity contribution is -0.119. The van der Waals surface area contributed by atoms with E-state index in [4.69, 9.17) is 9.47 Å². The maximum Gasteiger partial charge on any atom is 0.264 e. The molecule has 0 bridgehead atoms. The minimum atomic E-state index is -4.19. The summed E-state index contributed by atoms with van der Waals surface area (Å²) >= 11 is 0. The van der Waals surface area contributed by atoms with Gasteiger partial charge in [0.05, 0.1) is 31.0 Å². The van der Waals surface area contributed by atoms with Gasteiger partial charge >= 0.3 is 0 Å². The summed E-state index contributed by atoms with van der Waals surface area (Å²) in [5, 5.41) is 15.9. The molecule has 0 atom stereocenters. The Morgan fingerprint density at radius 2 is 1.68 bits per heavy atom. The standard InChI is InChI=1S/C28H27N3O6S/c1-19-8-11-21(12-9-19)31(38(34,35)22-13-15-26(36-2)27(16-22)37-3)18-28(33)30-29-17-24-23-7-5-4-6-20(23)10-14-25(24)32/h4-17,32H,18H2,1-3H3,(H,30,33)/b29-17-. The number of hydrazone groups is 1. The maximum atomic E-state index is 13.7. The average Bonchev–Trinajstić information content (AvgIpc) is 2.93. The lowest BCUT2D eigenvalue weighted by atomic mass is 10.0. The molecule has 4 rings (SSSR count). The molecular formula is C28H27N3O6S. The first-order chi connectivity index (χ1) is 18.2. The van der Waals surface area contributed by atoms with Gasteiger partial charge in [-0.25, -0.2) is 13.8 Å². The molecule has 38 heavy (non-hydrogen) atoms. The predicted molar refractivity (Wildman–Crippen MR) is 147 cm³/mol.